The third-order valence-corrected chi connectivity index (χ3v) is 5.07. The molecule has 1 aliphatic heterocycles. The molecule has 1 atom stereocenters. The third-order valence-electron chi connectivity index (χ3n) is 5.07. The fourth-order valence-electron chi connectivity index (χ4n) is 3.84. The zero-order chi connectivity index (χ0) is 16.9. The predicted molar refractivity (Wildman–Crippen MR) is 101 cm³/mol. The zero-order valence-corrected chi connectivity index (χ0v) is 14.6. The van der Waals surface area contributed by atoms with Crippen LogP contribution in [0.1, 0.15) is 35.6 Å². The van der Waals surface area contributed by atoms with E-state index in [1.54, 1.807) is 0 Å². The van der Waals surface area contributed by atoms with Gasteiger partial charge in [0.1, 0.15) is 0 Å². The molecule has 3 aromatic rings. The van der Waals surface area contributed by atoms with Crippen molar-refractivity contribution in [1.29, 1.82) is 0 Å². The van der Waals surface area contributed by atoms with Gasteiger partial charge in [0.05, 0.1) is 0 Å². The average Bonchev–Trinajstić information content (AvgIpc) is 3.12. The highest BCUT2D eigenvalue weighted by Crippen LogP contribution is 2.32. The van der Waals surface area contributed by atoms with Crippen LogP contribution in [0.15, 0.2) is 85.2 Å². The van der Waals surface area contributed by atoms with Crippen molar-refractivity contribution >= 4 is 0 Å². The molecule has 4 rings (SSSR count). The number of hydrogen-bond acceptors (Lipinski definition) is 1. The van der Waals surface area contributed by atoms with Crippen molar-refractivity contribution in [2.75, 3.05) is 6.54 Å². The van der Waals surface area contributed by atoms with Crippen LogP contribution in [0.25, 0.3) is 0 Å². The monoisotopic (exact) mass is 329 g/mol. The van der Waals surface area contributed by atoms with Gasteiger partial charge in [-0.3, -0.25) is 4.90 Å². The van der Waals surface area contributed by atoms with Gasteiger partial charge in [-0.25, -0.2) is 4.57 Å². The topological polar surface area (TPSA) is 7.12 Å². The summed E-state index contributed by atoms with van der Waals surface area (Å²) in [6.45, 7) is 3.16. The number of nitrogens with zero attached hydrogens (tertiary/aromatic N) is 2. The van der Waals surface area contributed by atoms with Gasteiger partial charge >= 0.3 is 0 Å². The van der Waals surface area contributed by atoms with Crippen molar-refractivity contribution in [3.8, 4) is 0 Å². The molecule has 0 radical (unpaired) electrons. The molecule has 2 heterocycles. The molecule has 0 bridgehead atoms. The molecule has 0 N–H and O–H groups in total. The van der Waals surface area contributed by atoms with E-state index in [1.807, 2.05) is 0 Å². The van der Waals surface area contributed by atoms with E-state index in [0.29, 0.717) is 6.04 Å². The van der Waals surface area contributed by atoms with E-state index in [-0.39, 0.29) is 0 Å². The van der Waals surface area contributed by atoms with E-state index in [1.165, 1.54) is 36.1 Å². The average molecular weight is 329 g/mol. The van der Waals surface area contributed by atoms with Crippen LogP contribution in [0.5, 0.6) is 0 Å². The number of benzene rings is 2. The van der Waals surface area contributed by atoms with E-state index in [9.17, 15) is 0 Å². The Morgan fingerprint density at radius 3 is 2.32 bits per heavy atom. The second kappa shape index (κ2) is 7.62. The van der Waals surface area contributed by atoms with Gasteiger partial charge < -0.3 is 0 Å². The van der Waals surface area contributed by atoms with Crippen molar-refractivity contribution in [3.05, 3.63) is 102 Å². The molecule has 2 heteroatoms. The van der Waals surface area contributed by atoms with Crippen molar-refractivity contribution in [2.24, 2.45) is 0 Å². The summed E-state index contributed by atoms with van der Waals surface area (Å²) in [7, 11) is 0. The van der Waals surface area contributed by atoms with Gasteiger partial charge in [-0.15, -0.1) is 0 Å². The molecule has 1 aliphatic rings. The molecule has 0 saturated carbocycles. The highest BCUT2D eigenvalue weighted by molar-refractivity contribution is 5.18. The van der Waals surface area contributed by atoms with Gasteiger partial charge in [0.2, 0.25) is 0 Å². The maximum absolute atomic E-state index is 2.62. The van der Waals surface area contributed by atoms with Crippen LogP contribution in [-0.4, -0.2) is 11.4 Å². The molecule has 0 unspecified atom stereocenters. The number of likely N-dealkylation sites (tertiary alicyclic amines) is 1. The first kappa shape index (κ1) is 16.0. The lowest BCUT2D eigenvalue weighted by Gasteiger charge is -2.24. The fraction of sp³-hybridized carbons (Fsp3) is 0.261. The van der Waals surface area contributed by atoms with Gasteiger partial charge in [0, 0.05) is 29.8 Å². The van der Waals surface area contributed by atoms with Crippen molar-refractivity contribution in [1.82, 2.24) is 4.90 Å². The summed E-state index contributed by atoms with van der Waals surface area (Å²) >= 11 is 0. The Labute approximate surface area is 150 Å². The molecule has 0 aliphatic carbocycles. The Balaban J connectivity index is 1.51. The normalized spacial score (nSPS) is 17.7. The number of pyridine rings is 1. The second-order valence-electron chi connectivity index (χ2n) is 6.91. The van der Waals surface area contributed by atoms with Crippen molar-refractivity contribution < 1.29 is 4.57 Å². The summed E-state index contributed by atoms with van der Waals surface area (Å²) in [5.41, 5.74) is 4.19. The van der Waals surface area contributed by atoms with Gasteiger partial charge in [-0.2, -0.15) is 0 Å². The molecule has 126 valence electrons. The minimum atomic E-state index is 0.531. The van der Waals surface area contributed by atoms with Gasteiger partial charge in [0.15, 0.2) is 18.9 Å². The van der Waals surface area contributed by atoms with Crippen LogP contribution in [0.2, 0.25) is 0 Å². The van der Waals surface area contributed by atoms with E-state index < -0.39 is 0 Å². The largest absolute Gasteiger partial charge is 0.292 e. The third kappa shape index (κ3) is 3.97. The van der Waals surface area contributed by atoms with E-state index in [4.69, 9.17) is 0 Å². The lowest BCUT2D eigenvalue weighted by Crippen LogP contribution is -2.35. The summed E-state index contributed by atoms with van der Waals surface area (Å²) in [6.07, 6.45) is 7.04. The minimum absolute atomic E-state index is 0.531. The summed E-state index contributed by atoms with van der Waals surface area (Å²) in [5, 5.41) is 0. The molecule has 25 heavy (non-hydrogen) atoms. The van der Waals surface area contributed by atoms with Crippen molar-refractivity contribution in [2.45, 2.75) is 32.0 Å². The number of hydrogen-bond donors (Lipinski definition) is 0. The van der Waals surface area contributed by atoms with Crippen LogP contribution in [0, 0.1) is 0 Å². The summed E-state index contributed by atoms with van der Waals surface area (Å²) in [6, 6.07) is 26.5. The smallest absolute Gasteiger partial charge is 0.173 e. The Bertz CT molecular complexity index is 799. The first-order chi connectivity index (χ1) is 12.4. The summed E-state index contributed by atoms with van der Waals surface area (Å²) in [4.78, 5) is 2.62. The maximum Gasteiger partial charge on any atom is 0.173 e. The zero-order valence-electron chi connectivity index (χ0n) is 14.6. The van der Waals surface area contributed by atoms with Gasteiger partial charge in [-0.05, 0) is 31.0 Å². The van der Waals surface area contributed by atoms with Crippen LogP contribution in [0.3, 0.4) is 0 Å². The molecular weight excluding hydrogens is 304 g/mol. The Morgan fingerprint density at radius 2 is 1.56 bits per heavy atom. The Hall–Kier alpha value is -2.45. The van der Waals surface area contributed by atoms with E-state index >= 15 is 0 Å². The molecule has 1 saturated heterocycles. The molecule has 0 spiro atoms. The fourth-order valence-corrected chi connectivity index (χ4v) is 3.84. The summed E-state index contributed by atoms with van der Waals surface area (Å²) < 4.78 is 2.31. The summed E-state index contributed by atoms with van der Waals surface area (Å²) in [5.74, 6) is 0. The quantitative estimate of drug-likeness (QED) is 0.631. The number of aromatic nitrogens is 1. The van der Waals surface area contributed by atoms with Crippen LogP contribution >= 0.6 is 0 Å². The lowest BCUT2D eigenvalue weighted by atomic mass is 10.1. The Kier molecular flexibility index (Phi) is 4.89. The minimum Gasteiger partial charge on any atom is -0.292 e. The maximum atomic E-state index is 2.62. The van der Waals surface area contributed by atoms with Crippen LogP contribution in [0.4, 0.5) is 0 Å². The first-order valence-electron chi connectivity index (χ1n) is 9.19. The highest BCUT2D eigenvalue weighted by Gasteiger charge is 2.27. The standard InChI is InChI=1S/C23H25N2/c1-3-9-20(10-4-1)17-24-15-7-13-22(19-24)23-14-8-16-25(23)18-21-11-5-2-6-12-21/h1-7,9-13,15,19,23H,8,14,16-18H2/q+1/t23-/m0/s1. The Morgan fingerprint density at radius 1 is 0.840 bits per heavy atom. The SMILES string of the molecule is c1ccc(CN2CCC[C@H]2c2ccc[n+](Cc3ccccc3)c2)cc1. The predicted octanol–water partition coefficient (Wildman–Crippen LogP) is 4.36. The number of rotatable bonds is 5. The molecule has 0 amide bonds. The molecule has 2 aromatic carbocycles. The molecule has 1 fully saturated rings. The molecule has 1 aromatic heterocycles. The second-order valence-corrected chi connectivity index (χ2v) is 6.91. The molecule has 2 nitrogen and oxygen atoms in total. The first-order valence-corrected chi connectivity index (χ1v) is 9.19. The lowest BCUT2D eigenvalue weighted by molar-refractivity contribution is -0.688. The van der Waals surface area contributed by atoms with Gasteiger partial charge in [0.25, 0.3) is 0 Å². The van der Waals surface area contributed by atoms with Crippen LogP contribution in [-0.2, 0) is 13.1 Å². The highest BCUT2D eigenvalue weighted by atomic mass is 15.2. The van der Waals surface area contributed by atoms with E-state index in [2.05, 4.69) is 94.7 Å². The molecular formula is C23H25N2+. The van der Waals surface area contributed by atoms with Gasteiger partial charge in [-0.1, -0.05) is 60.7 Å². The van der Waals surface area contributed by atoms with E-state index in [0.717, 1.165) is 13.1 Å². The van der Waals surface area contributed by atoms with Crippen molar-refractivity contribution in [3.63, 3.8) is 0 Å². The van der Waals surface area contributed by atoms with Crippen LogP contribution < -0.4 is 4.57 Å².